The van der Waals surface area contributed by atoms with Gasteiger partial charge in [-0.25, -0.2) is 0 Å². The van der Waals surface area contributed by atoms with Gasteiger partial charge >= 0.3 is 0 Å². The number of primary amides is 1. The normalized spacial score (nSPS) is 25.4. The van der Waals surface area contributed by atoms with E-state index in [0.717, 1.165) is 12.8 Å². The van der Waals surface area contributed by atoms with E-state index in [4.69, 9.17) is 11.5 Å². The molecule has 5 nitrogen and oxygen atoms in total. The number of rotatable bonds is 3. The van der Waals surface area contributed by atoms with Crippen molar-refractivity contribution in [3.05, 3.63) is 29.3 Å². The lowest BCUT2D eigenvalue weighted by Crippen LogP contribution is -2.53. The summed E-state index contributed by atoms with van der Waals surface area (Å²) >= 11 is 0. The van der Waals surface area contributed by atoms with Gasteiger partial charge in [-0.05, 0) is 43.4 Å². The Labute approximate surface area is 125 Å². The number of benzene rings is 1. The fourth-order valence-electron chi connectivity index (χ4n) is 3.08. The summed E-state index contributed by atoms with van der Waals surface area (Å²) in [5, 5.41) is 2.86. The monoisotopic (exact) mass is 289 g/mol. The number of hydrogen-bond donors (Lipinski definition) is 3. The maximum atomic E-state index is 12.5. The van der Waals surface area contributed by atoms with Crippen molar-refractivity contribution in [1.82, 2.24) is 0 Å². The highest BCUT2D eigenvalue weighted by molar-refractivity contribution is 6.01. The van der Waals surface area contributed by atoms with Crippen LogP contribution < -0.4 is 16.8 Å². The van der Waals surface area contributed by atoms with Crippen LogP contribution in [0.15, 0.2) is 18.2 Å². The lowest BCUT2D eigenvalue weighted by molar-refractivity contribution is -0.122. The van der Waals surface area contributed by atoms with Crippen LogP contribution in [-0.2, 0) is 4.79 Å². The van der Waals surface area contributed by atoms with E-state index in [1.807, 2.05) is 0 Å². The predicted octanol–water partition coefficient (Wildman–Crippen LogP) is 1.94. The summed E-state index contributed by atoms with van der Waals surface area (Å²) in [6, 6.07) is 5.11. The molecule has 0 aliphatic heterocycles. The molecule has 0 saturated heterocycles. The standard InChI is InChI=1S/C16H23N3O2/c1-10-5-4-8-16(18,9-10)15(21)19-13-7-3-6-12(11(13)2)14(17)20/h3,6-7,10H,4-5,8-9,18H2,1-2H3,(H2,17,20)(H,19,21). The predicted molar refractivity (Wildman–Crippen MR) is 82.9 cm³/mol. The van der Waals surface area contributed by atoms with E-state index in [1.54, 1.807) is 25.1 Å². The molecular formula is C16H23N3O2. The van der Waals surface area contributed by atoms with Crippen molar-refractivity contribution in [2.75, 3.05) is 5.32 Å². The van der Waals surface area contributed by atoms with Gasteiger partial charge in [0.15, 0.2) is 0 Å². The number of nitrogens with one attached hydrogen (secondary N) is 1. The van der Waals surface area contributed by atoms with Crippen LogP contribution in [0.2, 0.25) is 0 Å². The molecule has 21 heavy (non-hydrogen) atoms. The Bertz CT molecular complexity index is 571. The number of carbonyl (C=O) groups excluding carboxylic acids is 2. The first-order valence-corrected chi connectivity index (χ1v) is 7.33. The molecule has 5 N–H and O–H groups in total. The van der Waals surface area contributed by atoms with Crippen LogP contribution in [0.4, 0.5) is 5.69 Å². The van der Waals surface area contributed by atoms with Gasteiger partial charge in [0.25, 0.3) is 0 Å². The SMILES string of the molecule is Cc1c(NC(=O)C2(N)CCCC(C)C2)cccc1C(N)=O. The third-order valence-corrected chi connectivity index (χ3v) is 4.33. The van der Waals surface area contributed by atoms with Gasteiger partial charge in [-0.1, -0.05) is 25.8 Å². The summed E-state index contributed by atoms with van der Waals surface area (Å²) in [6.07, 6.45) is 3.46. The van der Waals surface area contributed by atoms with Crippen molar-refractivity contribution in [3.63, 3.8) is 0 Å². The molecule has 2 amide bonds. The van der Waals surface area contributed by atoms with E-state index >= 15 is 0 Å². The zero-order chi connectivity index (χ0) is 15.6. The van der Waals surface area contributed by atoms with Crippen molar-refractivity contribution in [3.8, 4) is 0 Å². The van der Waals surface area contributed by atoms with Gasteiger partial charge in [-0.3, -0.25) is 9.59 Å². The fraction of sp³-hybridized carbons (Fsp3) is 0.500. The van der Waals surface area contributed by atoms with Crippen LogP contribution in [-0.4, -0.2) is 17.4 Å². The van der Waals surface area contributed by atoms with E-state index in [-0.39, 0.29) is 5.91 Å². The average Bonchev–Trinajstić information content (AvgIpc) is 2.40. The second kappa shape index (κ2) is 5.85. The number of hydrogen-bond acceptors (Lipinski definition) is 3. The molecule has 0 heterocycles. The summed E-state index contributed by atoms with van der Waals surface area (Å²) in [5.74, 6) is -0.233. The van der Waals surface area contributed by atoms with Gasteiger partial charge in [-0.2, -0.15) is 0 Å². The molecule has 2 rings (SSSR count). The van der Waals surface area contributed by atoms with Gasteiger partial charge in [0.2, 0.25) is 11.8 Å². The number of nitrogens with two attached hydrogens (primary N) is 2. The molecule has 114 valence electrons. The largest absolute Gasteiger partial charge is 0.366 e. The smallest absolute Gasteiger partial charge is 0.249 e. The quantitative estimate of drug-likeness (QED) is 0.793. The molecule has 1 aliphatic rings. The van der Waals surface area contributed by atoms with Crippen LogP contribution in [0.5, 0.6) is 0 Å². The van der Waals surface area contributed by atoms with Crippen molar-refractivity contribution >= 4 is 17.5 Å². The zero-order valence-corrected chi connectivity index (χ0v) is 12.6. The topological polar surface area (TPSA) is 98.2 Å². The van der Waals surface area contributed by atoms with Gasteiger partial charge in [0, 0.05) is 11.3 Å². The molecule has 2 unspecified atom stereocenters. The minimum absolute atomic E-state index is 0.182. The second-order valence-corrected chi connectivity index (χ2v) is 6.15. The average molecular weight is 289 g/mol. The number of carbonyl (C=O) groups is 2. The van der Waals surface area contributed by atoms with Crippen LogP contribution in [0, 0.1) is 12.8 Å². The molecule has 1 aliphatic carbocycles. The summed E-state index contributed by atoms with van der Waals surface area (Å²) in [5.41, 5.74) is 12.5. The molecule has 0 aromatic heterocycles. The summed E-state index contributed by atoms with van der Waals surface area (Å²) in [4.78, 5) is 23.9. The van der Waals surface area contributed by atoms with Crippen LogP contribution in [0.1, 0.15) is 48.5 Å². The fourth-order valence-corrected chi connectivity index (χ4v) is 3.08. The Hall–Kier alpha value is -1.88. The third-order valence-electron chi connectivity index (χ3n) is 4.33. The van der Waals surface area contributed by atoms with E-state index in [9.17, 15) is 9.59 Å². The molecule has 1 aromatic carbocycles. The van der Waals surface area contributed by atoms with Crippen LogP contribution in [0.3, 0.4) is 0 Å². The van der Waals surface area contributed by atoms with Crippen molar-refractivity contribution in [2.24, 2.45) is 17.4 Å². The van der Waals surface area contributed by atoms with Gasteiger partial charge in [0.05, 0.1) is 5.54 Å². The Morgan fingerprint density at radius 3 is 2.71 bits per heavy atom. The molecule has 0 spiro atoms. The Kier molecular flexibility index (Phi) is 4.32. The molecule has 0 radical (unpaired) electrons. The summed E-state index contributed by atoms with van der Waals surface area (Å²) < 4.78 is 0. The van der Waals surface area contributed by atoms with Crippen molar-refractivity contribution in [1.29, 1.82) is 0 Å². The molecule has 5 heteroatoms. The van der Waals surface area contributed by atoms with E-state index in [0.29, 0.717) is 35.6 Å². The lowest BCUT2D eigenvalue weighted by Gasteiger charge is -2.35. The Balaban J connectivity index is 2.20. The minimum atomic E-state index is -0.827. The van der Waals surface area contributed by atoms with Crippen LogP contribution >= 0.6 is 0 Å². The van der Waals surface area contributed by atoms with E-state index in [2.05, 4.69) is 12.2 Å². The van der Waals surface area contributed by atoms with Crippen LogP contribution in [0.25, 0.3) is 0 Å². The highest BCUT2D eigenvalue weighted by Crippen LogP contribution is 2.31. The molecule has 1 fully saturated rings. The molecular weight excluding hydrogens is 266 g/mol. The first-order chi connectivity index (χ1) is 9.83. The van der Waals surface area contributed by atoms with Crippen molar-refractivity contribution < 1.29 is 9.59 Å². The first-order valence-electron chi connectivity index (χ1n) is 7.33. The van der Waals surface area contributed by atoms with E-state index < -0.39 is 11.4 Å². The van der Waals surface area contributed by atoms with E-state index in [1.165, 1.54) is 0 Å². The molecule has 1 saturated carbocycles. The maximum absolute atomic E-state index is 12.5. The highest BCUT2D eigenvalue weighted by atomic mass is 16.2. The molecule has 0 bridgehead atoms. The molecule has 2 atom stereocenters. The minimum Gasteiger partial charge on any atom is -0.366 e. The Morgan fingerprint density at radius 2 is 2.10 bits per heavy atom. The van der Waals surface area contributed by atoms with Gasteiger partial charge < -0.3 is 16.8 Å². The number of amides is 2. The lowest BCUT2D eigenvalue weighted by atomic mass is 9.76. The van der Waals surface area contributed by atoms with Gasteiger partial charge in [0.1, 0.15) is 0 Å². The third kappa shape index (κ3) is 3.24. The molecule has 1 aromatic rings. The summed E-state index contributed by atoms with van der Waals surface area (Å²) in [7, 11) is 0. The second-order valence-electron chi connectivity index (χ2n) is 6.15. The number of anilines is 1. The van der Waals surface area contributed by atoms with Gasteiger partial charge in [-0.15, -0.1) is 0 Å². The Morgan fingerprint density at radius 1 is 1.38 bits per heavy atom. The first kappa shape index (κ1) is 15.5. The zero-order valence-electron chi connectivity index (χ0n) is 12.6. The maximum Gasteiger partial charge on any atom is 0.249 e. The summed E-state index contributed by atoms with van der Waals surface area (Å²) in [6.45, 7) is 3.88. The highest BCUT2D eigenvalue weighted by Gasteiger charge is 2.38. The van der Waals surface area contributed by atoms with Crippen molar-refractivity contribution in [2.45, 2.75) is 45.1 Å².